The van der Waals surface area contributed by atoms with Gasteiger partial charge in [-0.2, -0.15) is 0 Å². The van der Waals surface area contributed by atoms with Crippen molar-refractivity contribution in [3.05, 3.63) is 87.1 Å². The van der Waals surface area contributed by atoms with Crippen molar-refractivity contribution in [1.82, 2.24) is 20.6 Å². The predicted molar refractivity (Wildman–Crippen MR) is 161 cm³/mol. The fourth-order valence-electron chi connectivity index (χ4n) is 4.63. The van der Waals surface area contributed by atoms with Gasteiger partial charge in [0.25, 0.3) is 5.56 Å². The molecule has 11 heteroatoms. The first-order chi connectivity index (χ1) is 20.2. The number of unbranched alkanes of at least 4 members (excludes halogenated alkanes) is 2. The van der Waals surface area contributed by atoms with Gasteiger partial charge in [0.2, 0.25) is 11.8 Å². The molecular weight excluding hydrogens is 536 g/mol. The topological polar surface area (TPSA) is 196 Å². The number of aromatic amines is 1. The van der Waals surface area contributed by atoms with Crippen LogP contribution >= 0.6 is 0 Å². The second-order valence-electron chi connectivity index (χ2n) is 10.4. The molecule has 9 N–H and O–H groups in total. The van der Waals surface area contributed by atoms with Gasteiger partial charge in [0.05, 0.1) is 17.7 Å². The molecule has 3 aromatic rings. The van der Waals surface area contributed by atoms with Crippen LogP contribution in [0.15, 0.2) is 53.3 Å². The van der Waals surface area contributed by atoms with E-state index in [4.69, 9.17) is 11.5 Å². The lowest BCUT2D eigenvalue weighted by Crippen LogP contribution is -2.42. The molecule has 3 rings (SSSR count). The molecule has 2 aromatic carbocycles. The van der Waals surface area contributed by atoms with E-state index in [2.05, 4.69) is 20.6 Å². The maximum atomic E-state index is 12.6. The lowest BCUT2D eigenvalue weighted by molar-refractivity contribution is -0.123. The summed E-state index contributed by atoms with van der Waals surface area (Å²) in [5.41, 5.74) is 15.2. The van der Waals surface area contributed by atoms with E-state index in [0.29, 0.717) is 50.9 Å². The van der Waals surface area contributed by atoms with Crippen LogP contribution in [0.4, 0.5) is 0 Å². The number of nitrogens with one attached hydrogen (secondary N) is 3. The highest BCUT2D eigenvalue weighted by Gasteiger charge is 2.18. The number of hydrogen-bond acceptors (Lipinski definition) is 8. The number of H-pyrrole nitrogens is 1. The maximum absolute atomic E-state index is 12.6. The van der Waals surface area contributed by atoms with Gasteiger partial charge in [-0.1, -0.05) is 24.3 Å². The lowest BCUT2D eigenvalue weighted by Gasteiger charge is -2.15. The van der Waals surface area contributed by atoms with Crippen LogP contribution in [-0.2, 0) is 28.9 Å². The molecule has 0 saturated heterocycles. The normalized spacial score (nSPS) is 12.5. The van der Waals surface area contributed by atoms with Gasteiger partial charge in [0.15, 0.2) is 0 Å². The summed E-state index contributed by atoms with van der Waals surface area (Å²) < 4.78 is 0. The molecule has 0 aliphatic heterocycles. The zero-order valence-electron chi connectivity index (χ0n) is 24.1. The number of phenols is 2. The monoisotopic (exact) mass is 578 g/mol. The van der Waals surface area contributed by atoms with Gasteiger partial charge in [0.1, 0.15) is 17.2 Å². The van der Waals surface area contributed by atoms with E-state index in [9.17, 15) is 24.6 Å². The Kier molecular flexibility index (Phi) is 12.5. The van der Waals surface area contributed by atoms with E-state index in [0.717, 1.165) is 35.4 Å². The summed E-state index contributed by atoms with van der Waals surface area (Å²) in [5, 5.41) is 24.6. The number of hydrogen-bond donors (Lipinski definition) is 7. The van der Waals surface area contributed by atoms with E-state index < -0.39 is 12.0 Å². The minimum absolute atomic E-state index is 0.136. The summed E-state index contributed by atoms with van der Waals surface area (Å²) in [5.74, 6) is -0.577. The molecule has 2 atom stereocenters. The minimum Gasteiger partial charge on any atom is -0.508 e. The maximum Gasteiger partial charge on any atom is 0.269 e. The highest BCUT2D eigenvalue weighted by molar-refractivity contribution is 5.84. The van der Waals surface area contributed by atoms with Crippen molar-refractivity contribution in [3.63, 3.8) is 0 Å². The van der Waals surface area contributed by atoms with Crippen molar-refractivity contribution in [2.75, 3.05) is 19.6 Å². The summed E-state index contributed by atoms with van der Waals surface area (Å²) in [6, 6.07) is 12.4. The molecule has 0 aliphatic rings. The van der Waals surface area contributed by atoms with Crippen molar-refractivity contribution >= 4 is 11.8 Å². The molecule has 42 heavy (non-hydrogen) atoms. The van der Waals surface area contributed by atoms with Crippen molar-refractivity contribution in [2.45, 2.75) is 63.8 Å². The molecule has 2 amide bonds. The van der Waals surface area contributed by atoms with Crippen LogP contribution in [0.5, 0.6) is 11.5 Å². The van der Waals surface area contributed by atoms with Crippen molar-refractivity contribution in [1.29, 1.82) is 0 Å². The Morgan fingerprint density at radius 2 is 1.45 bits per heavy atom. The van der Waals surface area contributed by atoms with Gasteiger partial charge >= 0.3 is 0 Å². The Labute approximate surface area is 245 Å². The molecule has 11 nitrogen and oxygen atoms in total. The first kappa shape index (κ1) is 32.3. The molecule has 1 aromatic heterocycles. The number of nitrogens with two attached hydrogens (primary N) is 2. The Balaban J connectivity index is 1.34. The molecule has 0 aliphatic carbocycles. The third-order valence-corrected chi connectivity index (χ3v) is 7.13. The minimum atomic E-state index is -0.682. The molecule has 0 fully saturated rings. The van der Waals surface area contributed by atoms with Crippen molar-refractivity contribution in [3.8, 4) is 11.5 Å². The molecule has 0 radical (unpaired) electrons. The van der Waals surface area contributed by atoms with E-state index in [1.165, 1.54) is 12.1 Å². The highest BCUT2D eigenvalue weighted by atomic mass is 16.3. The molecule has 2 unspecified atom stereocenters. The van der Waals surface area contributed by atoms with Gasteiger partial charge in [-0.05, 0) is 87.3 Å². The van der Waals surface area contributed by atoms with Gasteiger partial charge in [-0.25, -0.2) is 0 Å². The summed E-state index contributed by atoms with van der Waals surface area (Å²) in [7, 11) is 0. The van der Waals surface area contributed by atoms with E-state index in [1.807, 2.05) is 6.92 Å². The summed E-state index contributed by atoms with van der Waals surface area (Å²) in [6.07, 6.45) is 4.38. The zero-order valence-corrected chi connectivity index (χ0v) is 24.1. The van der Waals surface area contributed by atoms with Crippen LogP contribution in [0.3, 0.4) is 0 Å². The number of aromatic hydroxyl groups is 2. The van der Waals surface area contributed by atoms with E-state index in [-0.39, 0.29) is 35.4 Å². The largest absolute Gasteiger partial charge is 0.508 e. The fraction of sp³-hybridized carbons (Fsp3) is 0.419. The third-order valence-electron chi connectivity index (χ3n) is 7.13. The lowest BCUT2D eigenvalue weighted by atomic mass is 9.98. The zero-order chi connectivity index (χ0) is 30.5. The first-order valence-electron chi connectivity index (χ1n) is 14.3. The number of carbonyl (C=O) groups excluding carboxylic acids is 2. The molecule has 0 saturated carbocycles. The number of nitrogens with zero attached hydrogens (tertiary/aromatic N) is 1. The molecular formula is C31H42N6O5. The fourth-order valence-corrected chi connectivity index (χ4v) is 4.63. The van der Waals surface area contributed by atoms with E-state index >= 15 is 0 Å². The summed E-state index contributed by atoms with van der Waals surface area (Å²) in [6.45, 7) is 2.98. The molecule has 0 bridgehead atoms. The second-order valence-corrected chi connectivity index (χ2v) is 10.4. The van der Waals surface area contributed by atoms with Gasteiger partial charge in [-0.3, -0.25) is 19.4 Å². The van der Waals surface area contributed by atoms with Crippen LogP contribution in [0.1, 0.15) is 59.8 Å². The van der Waals surface area contributed by atoms with Gasteiger partial charge < -0.3 is 37.3 Å². The number of carbonyl (C=O) groups is 2. The number of phenolic OH excluding ortho intramolecular Hbond substituents is 2. The number of aryl methyl sites for hydroxylation is 3. The van der Waals surface area contributed by atoms with Crippen LogP contribution in [0.2, 0.25) is 0 Å². The van der Waals surface area contributed by atoms with Crippen LogP contribution in [0.25, 0.3) is 0 Å². The van der Waals surface area contributed by atoms with Gasteiger partial charge in [-0.15, -0.1) is 0 Å². The summed E-state index contributed by atoms with van der Waals surface area (Å²) >= 11 is 0. The highest BCUT2D eigenvalue weighted by Crippen LogP contribution is 2.18. The predicted octanol–water partition coefficient (Wildman–Crippen LogP) is 1.68. The Morgan fingerprint density at radius 3 is 2.07 bits per heavy atom. The molecule has 0 spiro atoms. The number of benzene rings is 2. The molecule has 226 valence electrons. The Morgan fingerprint density at radius 1 is 0.881 bits per heavy atom. The quantitative estimate of drug-likeness (QED) is 0.125. The summed E-state index contributed by atoms with van der Waals surface area (Å²) in [4.78, 5) is 44.9. The Hall–Kier alpha value is -4.22. The van der Waals surface area contributed by atoms with Crippen molar-refractivity contribution in [2.24, 2.45) is 11.5 Å². The van der Waals surface area contributed by atoms with Crippen LogP contribution < -0.4 is 27.7 Å². The van der Waals surface area contributed by atoms with Crippen molar-refractivity contribution < 1.29 is 19.8 Å². The first-order valence-corrected chi connectivity index (χ1v) is 14.3. The average Bonchev–Trinajstić information content (AvgIpc) is 2.97. The average molecular weight is 579 g/mol. The standard InChI is InChI=1S/C31H42N6O5/c1-20-27(6-2-4-16-34-29(40)25(19-32)22-10-14-24(39)15-11-22)37-31(42)28(36-20)7-3-5-17-35-30(41)26(33)18-21-8-12-23(38)13-9-21/h8-15,25-26,38-39H,2-7,16-19,32-33H2,1H3,(H,34,40)(H,35,41)(H,37,42). The Bertz CT molecular complexity index is 1360. The van der Waals surface area contributed by atoms with Gasteiger partial charge in [0, 0.05) is 25.3 Å². The number of amides is 2. The van der Waals surface area contributed by atoms with E-state index in [1.54, 1.807) is 36.4 Å². The van der Waals surface area contributed by atoms with Crippen LogP contribution in [-0.4, -0.2) is 57.7 Å². The third kappa shape index (κ3) is 10.0. The van der Waals surface area contributed by atoms with Crippen LogP contribution in [0, 0.1) is 6.92 Å². The SMILES string of the molecule is Cc1nc(CCCCNC(=O)C(N)Cc2ccc(O)cc2)c(=O)[nH]c1CCCCNC(=O)C(CN)c1ccc(O)cc1. The molecule has 1 heterocycles. The number of aromatic nitrogens is 2. The smallest absolute Gasteiger partial charge is 0.269 e. The second kappa shape index (κ2) is 16.3. The number of rotatable bonds is 16.